The summed E-state index contributed by atoms with van der Waals surface area (Å²) in [6.45, 7) is 0. The van der Waals surface area contributed by atoms with Gasteiger partial charge in [-0.25, -0.2) is 0 Å². The zero-order valence-electron chi connectivity index (χ0n) is 7.40. The molecule has 2 saturated carbocycles. The molecule has 1 aromatic rings. The Hall–Kier alpha value is -0.630. The molecule has 13 heavy (non-hydrogen) atoms. The van der Waals surface area contributed by atoms with Crippen LogP contribution in [0.4, 0.5) is 0 Å². The highest BCUT2D eigenvalue weighted by Gasteiger charge is 2.56. The molecule has 0 radical (unpaired) electrons. The summed E-state index contributed by atoms with van der Waals surface area (Å²) in [4.78, 5) is 12.9. The van der Waals surface area contributed by atoms with Crippen LogP contribution in [0.15, 0.2) is 17.5 Å². The number of rotatable bonds is 2. The Morgan fingerprint density at radius 2 is 2.15 bits per heavy atom. The molecule has 2 aliphatic carbocycles. The second-order valence-electron chi connectivity index (χ2n) is 4.13. The normalized spacial score (nSPS) is 35.8. The van der Waals surface area contributed by atoms with E-state index in [0.29, 0.717) is 11.7 Å². The molecule has 2 heteroatoms. The van der Waals surface area contributed by atoms with Crippen LogP contribution >= 0.6 is 11.3 Å². The highest BCUT2D eigenvalue weighted by Crippen LogP contribution is 2.58. The fourth-order valence-electron chi connectivity index (χ4n) is 2.79. The van der Waals surface area contributed by atoms with Gasteiger partial charge in [0.05, 0.1) is 4.88 Å². The van der Waals surface area contributed by atoms with E-state index in [1.165, 1.54) is 19.3 Å². The molecule has 2 atom stereocenters. The molecule has 0 N–H and O–H groups in total. The van der Waals surface area contributed by atoms with Crippen molar-refractivity contribution in [3.63, 3.8) is 0 Å². The number of carbonyl (C=O) groups is 1. The first kappa shape index (κ1) is 7.74. The highest BCUT2D eigenvalue weighted by atomic mass is 32.1. The van der Waals surface area contributed by atoms with E-state index in [1.807, 2.05) is 17.5 Å². The molecule has 2 aliphatic rings. The van der Waals surface area contributed by atoms with Gasteiger partial charge in [0.25, 0.3) is 0 Å². The molecule has 2 fully saturated rings. The van der Waals surface area contributed by atoms with Crippen LogP contribution in [0.2, 0.25) is 0 Å². The third-order valence-corrected chi connectivity index (χ3v) is 4.36. The van der Waals surface area contributed by atoms with E-state index in [0.717, 1.165) is 16.7 Å². The van der Waals surface area contributed by atoms with E-state index >= 15 is 0 Å². The maximum absolute atomic E-state index is 11.9. The number of Topliss-reactive ketones (excluding diaryl/α,β-unsaturated/α-hetero) is 1. The third kappa shape index (κ3) is 1.08. The van der Waals surface area contributed by atoms with Gasteiger partial charge in [-0.15, -0.1) is 11.3 Å². The Labute approximate surface area is 81.8 Å². The number of carbonyl (C=O) groups excluding carboxylic acids is 1. The summed E-state index contributed by atoms with van der Waals surface area (Å²) in [7, 11) is 0. The highest BCUT2D eigenvalue weighted by molar-refractivity contribution is 7.12. The lowest BCUT2D eigenvalue weighted by molar-refractivity contribution is 0.0955. The van der Waals surface area contributed by atoms with Crippen LogP contribution in [0, 0.1) is 17.8 Å². The number of ketones is 1. The van der Waals surface area contributed by atoms with E-state index in [1.54, 1.807) is 11.3 Å². The molecular weight excluding hydrogens is 180 g/mol. The number of hydrogen-bond acceptors (Lipinski definition) is 2. The summed E-state index contributed by atoms with van der Waals surface area (Å²) in [5.74, 6) is 2.35. The predicted octanol–water partition coefficient (Wildman–Crippen LogP) is 2.98. The lowest BCUT2D eigenvalue weighted by Crippen LogP contribution is -2.03. The van der Waals surface area contributed by atoms with Crippen molar-refractivity contribution in [3.05, 3.63) is 22.4 Å². The Kier molecular flexibility index (Phi) is 1.59. The first-order valence-corrected chi connectivity index (χ1v) is 5.83. The van der Waals surface area contributed by atoms with Crippen LogP contribution in [0.5, 0.6) is 0 Å². The van der Waals surface area contributed by atoms with Crippen molar-refractivity contribution in [1.82, 2.24) is 0 Å². The second kappa shape index (κ2) is 2.68. The fourth-order valence-corrected chi connectivity index (χ4v) is 3.51. The molecule has 0 aliphatic heterocycles. The van der Waals surface area contributed by atoms with Crippen LogP contribution in [-0.2, 0) is 0 Å². The first-order valence-electron chi connectivity index (χ1n) is 4.95. The summed E-state index contributed by atoms with van der Waals surface area (Å²) in [6.07, 6.45) is 3.95. The van der Waals surface area contributed by atoms with Gasteiger partial charge in [0.1, 0.15) is 0 Å². The molecule has 2 unspecified atom stereocenters. The SMILES string of the molecule is O=C(c1cccs1)C1C2CCCC21. The van der Waals surface area contributed by atoms with Crippen molar-refractivity contribution in [2.45, 2.75) is 19.3 Å². The van der Waals surface area contributed by atoms with Crippen molar-refractivity contribution < 1.29 is 4.79 Å². The summed E-state index contributed by atoms with van der Waals surface area (Å²) in [6, 6.07) is 3.93. The summed E-state index contributed by atoms with van der Waals surface area (Å²) < 4.78 is 0. The van der Waals surface area contributed by atoms with Gasteiger partial charge in [0, 0.05) is 5.92 Å². The van der Waals surface area contributed by atoms with Crippen molar-refractivity contribution in [3.8, 4) is 0 Å². The summed E-state index contributed by atoms with van der Waals surface area (Å²) in [5.41, 5.74) is 0. The van der Waals surface area contributed by atoms with E-state index in [-0.39, 0.29) is 0 Å². The van der Waals surface area contributed by atoms with Crippen LogP contribution in [0.1, 0.15) is 28.9 Å². The Bertz CT molecular complexity index is 318. The number of thiophene rings is 1. The minimum Gasteiger partial charge on any atom is -0.293 e. The minimum absolute atomic E-state index is 0.410. The molecule has 0 aromatic carbocycles. The van der Waals surface area contributed by atoms with Crippen LogP contribution < -0.4 is 0 Å². The van der Waals surface area contributed by atoms with E-state index in [9.17, 15) is 4.79 Å². The number of hydrogen-bond donors (Lipinski definition) is 0. The van der Waals surface area contributed by atoms with E-state index in [2.05, 4.69) is 0 Å². The zero-order valence-corrected chi connectivity index (χ0v) is 8.22. The van der Waals surface area contributed by atoms with Gasteiger partial charge in [-0.2, -0.15) is 0 Å². The smallest absolute Gasteiger partial charge is 0.176 e. The average Bonchev–Trinajstić information content (AvgIpc) is 2.68. The van der Waals surface area contributed by atoms with Crippen LogP contribution in [-0.4, -0.2) is 5.78 Å². The third-order valence-electron chi connectivity index (χ3n) is 3.47. The van der Waals surface area contributed by atoms with E-state index in [4.69, 9.17) is 0 Å². The lowest BCUT2D eigenvalue weighted by Gasteiger charge is -1.99. The molecule has 0 saturated heterocycles. The average molecular weight is 192 g/mol. The molecule has 0 amide bonds. The zero-order chi connectivity index (χ0) is 8.84. The Balaban J connectivity index is 1.78. The van der Waals surface area contributed by atoms with Gasteiger partial charge in [0.15, 0.2) is 5.78 Å². The topological polar surface area (TPSA) is 17.1 Å². The van der Waals surface area contributed by atoms with Crippen molar-refractivity contribution in [1.29, 1.82) is 0 Å². The summed E-state index contributed by atoms with van der Waals surface area (Å²) >= 11 is 1.59. The van der Waals surface area contributed by atoms with Gasteiger partial charge >= 0.3 is 0 Å². The Morgan fingerprint density at radius 1 is 1.38 bits per heavy atom. The predicted molar refractivity (Wildman–Crippen MR) is 53.0 cm³/mol. The maximum Gasteiger partial charge on any atom is 0.176 e. The quantitative estimate of drug-likeness (QED) is 0.658. The maximum atomic E-state index is 11.9. The molecule has 0 spiro atoms. The number of fused-ring (bicyclic) bond motifs is 1. The molecular formula is C11H12OS. The van der Waals surface area contributed by atoms with Crippen LogP contribution in [0.25, 0.3) is 0 Å². The van der Waals surface area contributed by atoms with Gasteiger partial charge in [-0.05, 0) is 36.1 Å². The van der Waals surface area contributed by atoms with Gasteiger partial charge in [-0.3, -0.25) is 4.79 Å². The fraction of sp³-hybridized carbons (Fsp3) is 0.545. The molecule has 3 rings (SSSR count). The standard InChI is InChI=1S/C11H12OS/c12-11(9-5-2-6-13-9)10-7-3-1-4-8(7)10/h2,5-8,10H,1,3-4H2. The molecule has 68 valence electrons. The molecule has 1 aromatic heterocycles. The van der Waals surface area contributed by atoms with Gasteiger partial charge in [-0.1, -0.05) is 12.5 Å². The van der Waals surface area contributed by atoms with Gasteiger partial charge in [0.2, 0.25) is 0 Å². The monoisotopic (exact) mass is 192 g/mol. The second-order valence-corrected chi connectivity index (χ2v) is 5.07. The molecule has 1 heterocycles. The largest absolute Gasteiger partial charge is 0.293 e. The van der Waals surface area contributed by atoms with Crippen LogP contribution in [0.3, 0.4) is 0 Å². The van der Waals surface area contributed by atoms with E-state index < -0.39 is 0 Å². The molecule has 1 nitrogen and oxygen atoms in total. The van der Waals surface area contributed by atoms with Crippen molar-refractivity contribution >= 4 is 17.1 Å². The lowest BCUT2D eigenvalue weighted by atomic mass is 10.1. The van der Waals surface area contributed by atoms with Gasteiger partial charge < -0.3 is 0 Å². The summed E-state index contributed by atoms with van der Waals surface area (Å²) in [5, 5.41) is 1.99. The van der Waals surface area contributed by atoms with Crippen molar-refractivity contribution in [2.24, 2.45) is 17.8 Å². The first-order chi connectivity index (χ1) is 6.38. The minimum atomic E-state index is 0.410. The Morgan fingerprint density at radius 3 is 2.77 bits per heavy atom. The van der Waals surface area contributed by atoms with Crippen molar-refractivity contribution in [2.75, 3.05) is 0 Å². The molecule has 0 bridgehead atoms.